The second-order valence-corrected chi connectivity index (χ2v) is 7.82. The lowest BCUT2D eigenvalue weighted by Gasteiger charge is -2.07. The van der Waals surface area contributed by atoms with Crippen LogP contribution in [0.2, 0.25) is 5.02 Å². The van der Waals surface area contributed by atoms with Crippen LogP contribution in [0.25, 0.3) is 0 Å². The van der Waals surface area contributed by atoms with Crippen LogP contribution in [0.3, 0.4) is 0 Å². The molecule has 0 aliphatic carbocycles. The molecule has 2 aromatic carbocycles. The molecule has 0 unspecified atom stereocenters. The molecule has 0 saturated carbocycles. The molecule has 26 heavy (non-hydrogen) atoms. The standard InChI is InChI=1S/C18H17ClFN3O2S/c1-2-13-6-8-15(9-7-13)26(24,25)22-14-10-21-23(11-14)12-16-17(19)4-3-5-18(16)20/h3-11,22H,2,12H2,1H3. The number of anilines is 1. The minimum Gasteiger partial charge on any atom is -0.276 e. The highest BCUT2D eigenvalue weighted by molar-refractivity contribution is 7.92. The normalized spacial score (nSPS) is 11.5. The van der Waals surface area contributed by atoms with Gasteiger partial charge in [-0.25, -0.2) is 12.8 Å². The van der Waals surface area contributed by atoms with Crippen molar-refractivity contribution in [2.24, 2.45) is 0 Å². The molecule has 0 atom stereocenters. The summed E-state index contributed by atoms with van der Waals surface area (Å²) < 4.78 is 42.6. The molecule has 3 aromatic rings. The highest BCUT2D eigenvalue weighted by Crippen LogP contribution is 2.21. The zero-order valence-corrected chi connectivity index (χ0v) is 15.6. The van der Waals surface area contributed by atoms with Crippen molar-refractivity contribution in [3.05, 3.63) is 76.8 Å². The Hall–Kier alpha value is -2.38. The lowest BCUT2D eigenvalue weighted by atomic mass is 10.2. The molecule has 5 nitrogen and oxygen atoms in total. The van der Waals surface area contributed by atoms with Gasteiger partial charge < -0.3 is 0 Å². The predicted molar refractivity (Wildman–Crippen MR) is 99.4 cm³/mol. The number of hydrogen-bond acceptors (Lipinski definition) is 3. The van der Waals surface area contributed by atoms with E-state index in [0.717, 1.165) is 12.0 Å². The zero-order valence-electron chi connectivity index (χ0n) is 14.0. The maximum atomic E-state index is 13.9. The fraction of sp³-hybridized carbons (Fsp3) is 0.167. The van der Waals surface area contributed by atoms with Gasteiger partial charge >= 0.3 is 0 Å². The third-order valence-corrected chi connectivity index (χ3v) is 5.66. The first kappa shape index (κ1) is 18.4. The van der Waals surface area contributed by atoms with Gasteiger partial charge in [0.25, 0.3) is 10.0 Å². The maximum Gasteiger partial charge on any atom is 0.261 e. The number of nitrogens with one attached hydrogen (secondary N) is 1. The molecule has 3 rings (SSSR count). The van der Waals surface area contributed by atoms with E-state index >= 15 is 0 Å². The summed E-state index contributed by atoms with van der Waals surface area (Å²) in [6.07, 6.45) is 3.69. The maximum absolute atomic E-state index is 13.9. The third-order valence-electron chi connectivity index (χ3n) is 3.91. The van der Waals surface area contributed by atoms with E-state index in [1.54, 1.807) is 30.3 Å². The van der Waals surface area contributed by atoms with E-state index < -0.39 is 15.8 Å². The van der Waals surface area contributed by atoms with E-state index in [1.807, 2.05) is 6.92 Å². The summed E-state index contributed by atoms with van der Waals surface area (Å²) in [6, 6.07) is 11.1. The zero-order chi connectivity index (χ0) is 18.7. The Bertz CT molecular complexity index is 997. The van der Waals surface area contributed by atoms with E-state index in [9.17, 15) is 12.8 Å². The first-order valence-corrected chi connectivity index (χ1v) is 9.82. The third kappa shape index (κ3) is 4.05. The minimum atomic E-state index is -3.72. The molecule has 1 aromatic heterocycles. The Morgan fingerprint density at radius 2 is 1.92 bits per heavy atom. The van der Waals surface area contributed by atoms with E-state index in [1.165, 1.54) is 29.2 Å². The van der Waals surface area contributed by atoms with Crippen molar-refractivity contribution in [1.29, 1.82) is 0 Å². The fourth-order valence-corrected chi connectivity index (χ4v) is 3.72. The molecule has 136 valence electrons. The van der Waals surface area contributed by atoms with Crippen molar-refractivity contribution < 1.29 is 12.8 Å². The molecule has 0 fully saturated rings. The average Bonchev–Trinajstić information content (AvgIpc) is 3.05. The van der Waals surface area contributed by atoms with E-state index in [-0.39, 0.29) is 17.1 Å². The second kappa shape index (κ2) is 7.47. The number of rotatable bonds is 6. The largest absolute Gasteiger partial charge is 0.276 e. The summed E-state index contributed by atoms with van der Waals surface area (Å²) in [4.78, 5) is 0.166. The van der Waals surface area contributed by atoms with Crippen molar-refractivity contribution in [2.75, 3.05) is 4.72 Å². The van der Waals surface area contributed by atoms with E-state index in [2.05, 4.69) is 9.82 Å². The molecule has 0 aliphatic heterocycles. The lowest BCUT2D eigenvalue weighted by Crippen LogP contribution is -2.12. The molecule has 1 N–H and O–H groups in total. The minimum absolute atomic E-state index is 0.0957. The molecule has 0 spiro atoms. The van der Waals surface area contributed by atoms with Gasteiger partial charge in [0.15, 0.2) is 0 Å². The van der Waals surface area contributed by atoms with Crippen molar-refractivity contribution >= 4 is 27.3 Å². The molecule has 0 radical (unpaired) electrons. The summed E-state index contributed by atoms with van der Waals surface area (Å²) in [5.41, 5.74) is 1.64. The number of hydrogen-bond donors (Lipinski definition) is 1. The number of aryl methyl sites for hydroxylation is 1. The number of benzene rings is 2. The van der Waals surface area contributed by atoms with Crippen LogP contribution in [0.1, 0.15) is 18.1 Å². The summed E-state index contributed by atoms with van der Waals surface area (Å²) in [5, 5.41) is 4.35. The molecule has 8 heteroatoms. The van der Waals surface area contributed by atoms with E-state index in [4.69, 9.17) is 11.6 Å². The van der Waals surface area contributed by atoms with Gasteiger partial charge in [-0.2, -0.15) is 5.10 Å². The Morgan fingerprint density at radius 1 is 1.19 bits per heavy atom. The Kier molecular flexibility index (Phi) is 5.29. The van der Waals surface area contributed by atoms with Gasteiger partial charge in [-0.3, -0.25) is 9.40 Å². The Balaban J connectivity index is 1.77. The lowest BCUT2D eigenvalue weighted by molar-refractivity contribution is 0.585. The smallest absolute Gasteiger partial charge is 0.261 e. The van der Waals surface area contributed by atoms with Gasteiger partial charge in [0.2, 0.25) is 0 Å². The first-order valence-electron chi connectivity index (χ1n) is 7.96. The van der Waals surface area contributed by atoms with Gasteiger partial charge in [-0.1, -0.05) is 36.7 Å². The van der Waals surface area contributed by atoms with Crippen LogP contribution in [0.5, 0.6) is 0 Å². The molecule has 0 amide bonds. The van der Waals surface area contributed by atoms with Gasteiger partial charge in [0, 0.05) is 16.8 Å². The van der Waals surface area contributed by atoms with Crippen molar-refractivity contribution in [3.8, 4) is 0 Å². The molecular weight excluding hydrogens is 377 g/mol. The highest BCUT2D eigenvalue weighted by Gasteiger charge is 2.15. The van der Waals surface area contributed by atoms with E-state index in [0.29, 0.717) is 10.6 Å². The monoisotopic (exact) mass is 393 g/mol. The molecule has 0 bridgehead atoms. The second-order valence-electron chi connectivity index (χ2n) is 5.73. The van der Waals surface area contributed by atoms with Crippen LogP contribution < -0.4 is 4.72 Å². The number of nitrogens with zero attached hydrogens (tertiary/aromatic N) is 2. The van der Waals surface area contributed by atoms with Crippen molar-refractivity contribution in [3.63, 3.8) is 0 Å². The topological polar surface area (TPSA) is 64.0 Å². The SMILES string of the molecule is CCc1ccc(S(=O)(=O)Nc2cnn(Cc3c(F)cccc3Cl)c2)cc1. The van der Waals surface area contributed by atoms with Crippen LogP contribution in [-0.2, 0) is 23.0 Å². The molecule has 1 heterocycles. The van der Waals surface area contributed by atoms with Crippen molar-refractivity contribution in [1.82, 2.24) is 9.78 Å². The predicted octanol–water partition coefficient (Wildman–Crippen LogP) is 4.09. The van der Waals surface area contributed by atoms with Crippen LogP contribution in [0, 0.1) is 5.82 Å². The van der Waals surface area contributed by atoms with Gasteiger partial charge in [0.1, 0.15) is 5.82 Å². The van der Waals surface area contributed by atoms with Crippen LogP contribution in [0.15, 0.2) is 59.8 Å². The molecule has 0 aliphatic rings. The summed E-state index contributed by atoms with van der Waals surface area (Å²) in [5.74, 6) is -0.439. The highest BCUT2D eigenvalue weighted by atomic mass is 35.5. The van der Waals surface area contributed by atoms with Crippen LogP contribution in [-0.4, -0.2) is 18.2 Å². The fourth-order valence-electron chi connectivity index (χ4n) is 2.47. The molecule has 0 saturated heterocycles. The summed E-state index contributed by atoms with van der Waals surface area (Å²) in [7, 11) is -3.72. The van der Waals surface area contributed by atoms with Crippen LogP contribution in [0.4, 0.5) is 10.1 Å². The van der Waals surface area contributed by atoms with Gasteiger partial charge in [-0.05, 0) is 36.2 Å². The van der Waals surface area contributed by atoms with Crippen molar-refractivity contribution in [2.45, 2.75) is 24.8 Å². The first-order chi connectivity index (χ1) is 12.4. The quantitative estimate of drug-likeness (QED) is 0.686. The van der Waals surface area contributed by atoms with Gasteiger partial charge in [0.05, 0.1) is 23.3 Å². The Labute approximate surface area is 156 Å². The molecular formula is C18H17ClFN3O2S. The number of halogens is 2. The summed E-state index contributed by atoms with van der Waals surface area (Å²) >= 11 is 6.00. The van der Waals surface area contributed by atoms with Gasteiger partial charge in [-0.15, -0.1) is 0 Å². The van der Waals surface area contributed by atoms with Crippen LogP contribution >= 0.6 is 11.6 Å². The average molecular weight is 394 g/mol. The Morgan fingerprint density at radius 3 is 2.58 bits per heavy atom. The number of sulfonamides is 1. The number of aromatic nitrogens is 2. The summed E-state index contributed by atoms with van der Waals surface area (Å²) in [6.45, 7) is 2.09.